The molecule has 0 atom stereocenters. The molecule has 2 heterocycles. The number of esters is 1. The van der Waals surface area contributed by atoms with Crippen molar-refractivity contribution in [1.29, 1.82) is 0 Å². The predicted octanol–water partition coefficient (Wildman–Crippen LogP) is 3.53. The summed E-state index contributed by atoms with van der Waals surface area (Å²) >= 11 is 13.8. The quantitative estimate of drug-likeness (QED) is 0.585. The van der Waals surface area contributed by atoms with Crippen molar-refractivity contribution in [2.24, 2.45) is 4.40 Å². The van der Waals surface area contributed by atoms with E-state index in [0.29, 0.717) is 19.6 Å². The molecule has 3 rings (SSSR count). The minimum absolute atomic E-state index is 0.0256. The topological polar surface area (TPSA) is 77.7 Å². The van der Waals surface area contributed by atoms with Gasteiger partial charge in [0.1, 0.15) is 10.8 Å². The van der Waals surface area contributed by atoms with Gasteiger partial charge in [-0.2, -0.15) is 8.42 Å². The third-order valence-electron chi connectivity index (χ3n) is 3.16. The molecule has 0 aliphatic heterocycles. The van der Waals surface area contributed by atoms with Crippen LogP contribution in [0.3, 0.4) is 0 Å². The highest BCUT2D eigenvalue weighted by Crippen LogP contribution is 2.27. The Balaban J connectivity index is 2.23. The van der Waals surface area contributed by atoms with Crippen LogP contribution in [-0.4, -0.2) is 26.1 Å². The number of hydrogen-bond acceptors (Lipinski definition) is 6. The van der Waals surface area contributed by atoms with Gasteiger partial charge >= 0.3 is 5.97 Å². The number of methoxy groups -OCH3 is 1. The number of carbonyl (C=O) groups excluding carboxylic acids is 1. The molecule has 0 saturated carbocycles. The van der Waals surface area contributed by atoms with Crippen molar-refractivity contribution in [1.82, 2.24) is 4.57 Å². The fraction of sp³-hybridized carbons (Fsp3) is 0.143. The molecule has 0 aliphatic carbocycles. The number of benzene rings is 1. The molecule has 25 heavy (non-hydrogen) atoms. The van der Waals surface area contributed by atoms with Gasteiger partial charge in [-0.1, -0.05) is 34.5 Å². The van der Waals surface area contributed by atoms with E-state index in [1.165, 1.54) is 23.8 Å². The zero-order valence-electron chi connectivity index (χ0n) is 12.6. The lowest BCUT2D eigenvalue weighted by Crippen LogP contribution is -2.22. The first kappa shape index (κ1) is 18.4. The average Bonchev–Trinajstić information content (AvgIpc) is 3.11. The van der Waals surface area contributed by atoms with E-state index < -0.39 is 16.0 Å². The van der Waals surface area contributed by atoms with Crippen LogP contribution in [0, 0.1) is 0 Å². The number of halogens is 2. The third kappa shape index (κ3) is 3.90. The summed E-state index contributed by atoms with van der Waals surface area (Å²) in [6.45, 7) is -0.169. The van der Waals surface area contributed by atoms with Gasteiger partial charge in [0.2, 0.25) is 4.80 Å². The maximum Gasteiger partial charge on any atom is 0.325 e. The minimum atomic E-state index is -3.95. The van der Waals surface area contributed by atoms with Gasteiger partial charge in [0.15, 0.2) is 0 Å². The van der Waals surface area contributed by atoms with Crippen LogP contribution >= 0.6 is 45.9 Å². The largest absolute Gasteiger partial charge is 0.468 e. The second-order valence-corrected chi connectivity index (χ2v) is 9.78. The average molecular weight is 437 g/mol. The van der Waals surface area contributed by atoms with Gasteiger partial charge in [-0.3, -0.25) is 4.79 Å². The van der Waals surface area contributed by atoms with E-state index in [-0.39, 0.29) is 15.6 Å². The Morgan fingerprint density at radius 3 is 2.64 bits per heavy atom. The van der Waals surface area contributed by atoms with Crippen molar-refractivity contribution in [2.75, 3.05) is 7.11 Å². The highest BCUT2D eigenvalue weighted by atomic mass is 35.5. The number of thiophene rings is 1. The van der Waals surface area contributed by atoms with Crippen molar-refractivity contribution in [3.63, 3.8) is 0 Å². The lowest BCUT2D eigenvalue weighted by molar-refractivity contribution is -0.141. The van der Waals surface area contributed by atoms with Gasteiger partial charge in [-0.05, 0) is 30.3 Å². The van der Waals surface area contributed by atoms with Gasteiger partial charge in [0, 0.05) is 5.02 Å². The SMILES string of the molecule is COC(=O)Cn1c(=NS(=O)(=O)c2ccc(Cl)s2)sc2cc(Cl)ccc21. The first-order valence-electron chi connectivity index (χ1n) is 6.72. The zero-order valence-corrected chi connectivity index (χ0v) is 16.6. The highest BCUT2D eigenvalue weighted by Gasteiger charge is 2.18. The van der Waals surface area contributed by atoms with Crippen LogP contribution in [0.15, 0.2) is 38.9 Å². The number of nitrogens with zero attached hydrogens (tertiary/aromatic N) is 2. The van der Waals surface area contributed by atoms with Crippen LogP contribution in [0.2, 0.25) is 9.36 Å². The number of fused-ring (bicyclic) bond motifs is 1. The Bertz CT molecular complexity index is 1130. The van der Waals surface area contributed by atoms with E-state index >= 15 is 0 Å². The standard InChI is InChI=1S/C14H10Cl2N2O4S3/c1-22-12(19)7-18-9-3-2-8(15)6-10(9)23-14(18)17-25(20,21)13-5-4-11(16)24-13/h2-6H,7H2,1H3. The molecule has 0 spiro atoms. The van der Waals surface area contributed by atoms with Crippen molar-refractivity contribution >= 4 is 72.1 Å². The maximum absolute atomic E-state index is 12.5. The molecule has 132 valence electrons. The Labute approximate surface area is 161 Å². The fourth-order valence-corrected chi connectivity index (χ4v) is 6.02. The smallest absolute Gasteiger partial charge is 0.325 e. The molecule has 0 N–H and O–H groups in total. The fourth-order valence-electron chi connectivity index (χ4n) is 2.05. The van der Waals surface area contributed by atoms with E-state index in [0.717, 1.165) is 22.7 Å². The monoisotopic (exact) mass is 436 g/mol. The molecular weight excluding hydrogens is 427 g/mol. The zero-order chi connectivity index (χ0) is 18.2. The summed E-state index contributed by atoms with van der Waals surface area (Å²) in [7, 11) is -2.69. The van der Waals surface area contributed by atoms with E-state index in [9.17, 15) is 13.2 Å². The molecular formula is C14H10Cl2N2O4S3. The van der Waals surface area contributed by atoms with E-state index in [4.69, 9.17) is 23.2 Å². The summed E-state index contributed by atoms with van der Waals surface area (Å²) in [6, 6.07) is 7.91. The predicted molar refractivity (Wildman–Crippen MR) is 98.9 cm³/mol. The van der Waals surface area contributed by atoms with Gasteiger partial charge in [0.25, 0.3) is 10.0 Å². The summed E-state index contributed by atoms with van der Waals surface area (Å²) in [5.41, 5.74) is 0.637. The second kappa shape index (κ2) is 7.08. The van der Waals surface area contributed by atoms with Crippen molar-refractivity contribution in [3.8, 4) is 0 Å². The molecule has 3 aromatic rings. The molecule has 6 nitrogen and oxygen atoms in total. The van der Waals surface area contributed by atoms with Crippen LogP contribution in [0.1, 0.15) is 0 Å². The number of rotatable bonds is 4. The van der Waals surface area contributed by atoms with E-state index in [1.807, 2.05) is 0 Å². The molecule has 1 aromatic carbocycles. The van der Waals surface area contributed by atoms with Crippen LogP contribution < -0.4 is 4.80 Å². The van der Waals surface area contributed by atoms with E-state index in [1.54, 1.807) is 18.2 Å². The number of hydrogen-bond donors (Lipinski definition) is 0. The van der Waals surface area contributed by atoms with Gasteiger partial charge in [-0.25, -0.2) is 0 Å². The normalized spacial score (nSPS) is 12.7. The number of thiazole rings is 1. The minimum Gasteiger partial charge on any atom is -0.468 e. The molecule has 0 bridgehead atoms. The summed E-state index contributed by atoms with van der Waals surface area (Å²) in [5, 5.41) is 0.499. The number of aromatic nitrogens is 1. The Morgan fingerprint density at radius 2 is 2.00 bits per heavy atom. The molecule has 0 unspecified atom stereocenters. The lowest BCUT2D eigenvalue weighted by atomic mass is 10.3. The molecule has 0 saturated heterocycles. The second-order valence-electron chi connectivity index (χ2n) is 4.78. The molecule has 0 fully saturated rings. The van der Waals surface area contributed by atoms with Gasteiger partial charge in [-0.15, -0.1) is 15.7 Å². The molecule has 0 radical (unpaired) electrons. The maximum atomic E-state index is 12.5. The Morgan fingerprint density at radius 1 is 1.24 bits per heavy atom. The van der Waals surface area contributed by atoms with Crippen molar-refractivity contribution in [2.45, 2.75) is 10.8 Å². The molecule has 0 aliphatic rings. The first-order valence-corrected chi connectivity index (χ1v) is 10.5. The third-order valence-corrected chi connectivity index (χ3v) is 7.52. The van der Waals surface area contributed by atoms with Crippen molar-refractivity contribution < 1.29 is 17.9 Å². The number of ether oxygens (including phenoxy) is 1. The molecule has 0 amide bonds. The number of carbonyl (C=O) groups is 1. The van der Waals surface area contributed by atoms with Gasteiger partial charge in [0.05, 0.1) is 21.7 Å². The van der Waals surface area contributed by atoms with E-state index in [2.05, 4.69) is 9.13 Å². The van der Waals surface area contributed by atoms with Gasteiger partial charge < -0.3 is 9.30 Å². The molecule has 2 aromatic heterocycles. The first-order chi connectivity index (χ1) is 11.8. The highest BCUT2D eigenvalue weighted by molar-refractivity contribution is 7.92. The Kier molecular flexibility index (Phi) is 5.21. The van der Waals surface area contributed by atoms with Crippen LogP contribution in [0.5, 0.6) is 0 Å². The summed E-state index contributed by atoms with van der Waals surface area (Å²) in [5.74, 6) is -0.521. The van der Waals surface area contributed by atoms with Crippen LogP contribution in [0.25, 0.3) is 10.2 Å². The van der Waals surface area contributed by atoms with Crippen LogP contribution in [-0.2, 0) is 26.1 Å². The Hall–Kier alpha value is -1.39. The summed E-state index contributed by atoms with van der Waals surface area (Å²) in [6.07, 6.45) is 0. The number of sulfonamides is 1. The summed E-state index contributed by atoms with van der Waals surface area (Å²) < 4.78 is 36.1. The summed E-state index contributed by atoms with van der Waals surface area (Å²) in [4.78, 5) is 11.9. The lowest BCUT2D eigenvalue weighted by Gasteiger charge is -2.03. The molecule has 11 heteroatoms. The van der Waals surface area contributed by atoms with Crippen molar-refractivity contribution in [3.05, 3.63) is 44.5 Å². The van der Waals surface area contributed by atoms with Crippen LogP contribution in [0.4, 0.5) is 0 Å².